The van der Waals surface area contributed by atoms with E-state index in [2.05, 4.69) is 23.7 Å². The van der Waals surface area contributed by atoms with Gasteiger partial charge in [-0.05, 0) is 51.5 Å². The van der Waals surface area contributed by atoms with E-state index in [4.69, 9.17) is 4.74 Å². The number of hydrogen-bond acceptors (Lipinski definition) is 2. The number of hydrogen-bond donors (Lipinski definition) is 1. The lowest BCUT2D eigenvalue weighted by Gasteiger charge is -2.13. The van der Waals surface area contributed by atoms with Crippen molar-refractivity contribution < 1.29 is 9.53 Å². The van der Waals surface area contributed by atoms with Crippen molar-refractivity contribution in [1.82, 2.24) is 9.88 Å². The van der Waals surface area contributed by atoms with Crippen molar-refractivity contribution in [2.45, 2.75) is 40.3 Å². The molecule has 1 aromatic carbocycles. The van der Waals surface area contributed by atoms with Gasteiger partial charge in [0, 0.05) is 24.0 Å². The molecular formula is C18H24N2O2. The number of nitrogens with one attached hydrogen (secondary N) is 1. The maximum atomic E-state index is 12.4. The molecule has 1 amide bonds. The van der Waals surface area contributed by atoms with E-state index < -0.39 is 0 Å². The van der Waals surface area contributed by atoms with Crippen molar-refractivity contribution in [3.8, 4) is 5.75 Å². The number of carbonyl (C=O) groups is 1. The van der Waals surface area contributed by atoms with Gasteiger partial charge in [0.1, 0.15) is 5.75 Å². The van der Waals surface area contributed by atoms with Gasteiger partial charge in [0.25, 0.3) is 5.91 Å². The van der Waals surface area contributed by atoms with E-state index >= 15 is 0 Å². The minimum atomic E-state index is -0.0391. The smallest absolute Gasteiger partial charge is 0.253 e. The van der Waals surface area contributed by atoms with Gasteiger partial charge in [-0.15, -0.1) is 0 Å². The van der Waals surface area contributed by atoms with Gasteiger partial charge in [-0.2, -0.15) is 0 Å². The minimum absolute atomic E-state index is 0.0391. The molecule has 2 rings (SSSR count). The molecule has 0 unspecified atom stereocenters. The quantitative estimate of drug-likeness (QED) is 0.916. The number of amides is 1. The van der Waals surface area contributed by atoms with E-state index in [-0.39, 0.29) is 5.91 Å². The molecule has 0 spiro atoms. The largest absolute Gasteiger partial charge is 0.497 e. The van der Waals surface area contributed by atoms with Gasteiger partial charge in [-0.1, -0.05) is 12.1 Å². The molecule has 0 bridgehead atoms. The van der Waals surface area contributed by atoms with E-state index in [0.717, 1.165) is 28.3 Å². The van der Waals surface area contributed by atoms with Crippen molar-refractivity contribution in [1.29, 1.82) is 0 Å². The zero-order chi connectivity index (χ0) is 16.3. The third-order valence-corrected chi connectivity index (χ3v) is 3.83. The summed E-state index contributed by atoms with van der Waals surface area (Å²) in [4.78, 5) is 12.4. The number of benzene rings is 1. The Balaban J connectivity index is 2.11. The second kappa shape index (κ2) is 6.69. The Labute approximate surface area is 132 Å². The molecule has 1 N–H and O–H groups in total. The zero-order valence-electron chi connectivity index (χ0n) is 13.9. The fourth-order valence-electron chi connectivity index (χ4n) is 2.86. The lowest BCUT2D eigenvalue weighted by molar-refractivity contribution is 0.0950. The summed E-state index contributed by atoms with van der Waals surface area (Å²) >= 11 is 0. The van der Waals surface area contributed by atoms with Gasteiger partial charge in [0.15, 0.2) is 0 Å². The molecule has 0 radical (unpaired) electrons. The van der Waals surface area contributed by atoms with Crippen LogP contribution in [0.1, 0.15) is 47.2 Å². The predicted molar refractivity (Wildman–Crippen MR) is 88.5 cm³/mol. The van der Waals surface area contributed by atoms with E-state index in [1.54, 1.807) is 7.11 Å². The average Bonchev–Trinajstić information content (AvgIpc) is 2.80. The first-order chi connectivity index (χ1) is 10.4. The highest BCUT2D eigenvalue weighted by Gasteiger charge is 2.16. The standard InChI is InChI=1S/C18H24N2O2/c1-12(2)20-13(3)9-17(14(20)4)18(21)19-11-15-7-6-8-16(10-15)22-5/h6-10,12H,11H2,1-5H3,(H,19,21). The molecule has 118 valence electrons. The molecule has 1 aromatic heterocycles. The van der Waals surface area contributed by atoms with E-state index in [0.29, 0.717) is 12.6 Å². The van der Waals surface area contributed by atoms with Crippen molar-refractivity contribution in [3.05, 3.63) is 52.8 Å². The van der Waals surface area contributed by atoms with E-state index in [9.17, 15) is 4.79 Å². The lowest BCUT2D eigenvalue weighted by Crippen LogP contribution is -2.23. The summed E-state index contributed by atoms with van der Waals surface area (Å²) in [5, 5.41) is 2.98. The second-order valence-electron chi connectivity index (χ2n) is 5.78. The summed E-state index contributed by atoms with van der Waals surface area (Å²) in [6, 6.07) is 10.0. The first-order valence-electron chi connectivity index (χ1n) is 7.53. The minimum Gasteiger partial charge on any atom is -0.497 e. The number of methoxy groups -OCH3 is 1. The van der Waals surface area contributed by atoms with Crippen LogP contribution in [0.4, 0.5) is 0 Å². The van der Waals surface area contributed by atoms with Gasteiger partial charge in [-0.25, -0.2) is 0 Å². The Morgan fingerprint density at radius 2 is 2.00 bits per heavy atom. The maximum Gasteiger partial charge on any atom is 0.253 e. The average molecular weight is 300 g/mol. The highest BCUT2D eigenvalue weighted by molar-refractivity contribution is 5.95. The number of nitrogens with zero attached hydrogens (tertiary/aromatic N) is 1. The molecule has 4 nitrogen and oxygen atoms in total. The summed E-state index contributed by atoms with van der Waals surface area (Å²) in [5.41, 5.74) is 3.88. The number of aryl methyl sites for hydroxylation is 1. The molecular weight excluding hydrogens is 276 g/mol. The van der Waals surface area contributed by atoms with E-state index in [1.165, 1.54) is 0 Å². The van der Waals surface area contributed by atoms with Crippen LogP contribution in [0, 0.1) is 13.8 Å². The van der Waals surface area contributed by atoms with Crippen molar-refractivity contribution in [2.24, 2.45) is 0 Å². The first-order valence-corrected chi connectivity index (χ1v) is 7.53. The van der Waals surface area contributed by atoms with Crippen LogP contribution in [0.2, 0.25) is 0 Å². The van der Waals surface area contributed by atoms with Crippen LogP contribution in [0.3, 0.4) is 0 Å². The molecule has 0 saturated carbocycles. The normalized spacial score (nSPS) is 10.8. The first kappa shape index (κ1) is 16.1. The van der Waals surface area contributed by atoms with Crippen LogP contribution in [-0.4, -0.2) is 17.6 Å². The summed E-state index contributed by atoms with van der Waals surface area (Å²) < 4.78 is 7.38. The molecule has 0 aliphatic carbocycles. The van der Waals surface area contributed by atoms with Crippen LogP contribution in [-0.2, 0) is 6.54 Å². The zero-order valence-corrected chi connectivity index (χ0v) is 13.9. The molecule has 22 heavy (non-hydrogen) atoms. The fourth-order valence-corrected chi connectivity index (χ4v) is 2.86. The third kappa shape index (κ3) is 3.32. The fraction of sp³-hybridized carbons (Fsp3) is 0.389. The van der Waals surface area contributed by atoms with Gasteiger partial charge in [0.2, 0.25) is 0 Å². The third-order valence-electron chi connectivity index (χ3n) is 3.83. The summed E-state index contributed by atoms with van der Waals surface area (Å²) in [6.07, 6.45) is 0. The Hall–Kier alpha value is -2.23. The van der Waals surface area contributed by atoms with Gasteiger partial charge < -0.3 is 14.6 Å². The number of rotatable bonds is 5. The highest BCUT2D eigenvalue weighted by Crippen LogP contribution is 2.20. The molecule has 0 aliphatic heterocycles. The number of aromatic nitrogens is 1. The van der Waals surface area contributed by atoms with E-state index in [1.807, 2.05) is 44.2 Å². The second-order valence-corrected chi connectivity index (χ2v) is 5.78. The molecule has 0 aliphatic rings. The molecule has 4 heteroatoms. The molecule has 2 aromatic rings. The Kier molecular flexibility index (Phi) is 4.91. The van der Waals surface area contributed by atoms with Gasteiger partial charge in [-0.3, -0.25) is 4.79 Å². The topological polar surface area (TPSA) is 43.3 Å². The Morgan fingerprint density at radius 3 is 2.59 bits per heavy atom. The van der Waals surface area contributed by atoms with Gasteiger partial charge in [0.05, 0.1) is 12.7 Å². The SMILES string of the molecule is COc1cccc(CNC(=O)c2cc(C)n(C(C)C)c2C)c1. The van der Waals surface area contributed by atoms with Crippen LogP contribution < -0.4 is 10.1 Å². The van der Waals surface area contributed by atoms with Crippen molar-refractivity contribution in [3.63, 3.8) is 0 Å². The Bertz CT molecular complexity index is 672. The summed E-state index contributed by atoms with van der Waals surface area (Å²) in [7, 11) is 1.64. The van der Waals surface area contributed by atoms with Crippen molar-refractivity contribution in [2.75, 3.05) is 7.11 Å². The number of carbonyl (C=O) groups excluding carboxylic acids is 1. The molecule has 1 heterocycles. The summed E-state index contributed by atoms with van der Waals surface area (Å²) in [6.45, 7) is 8.76. The molecule has 0 atom stereocenters. The molecule has 0 fully saturated rings. The van der Waals surface area contributed by atoms with Gasteiger partial charge >= 0.3 is 0 Å². The predicted octanol–water partition coefficient (Wildman–Crippen LogP) is 3.62. The van der Waals surface area contributed by atoms with Crippen LogP contribution in [0.5, 0.6) is 5.75 Å². The lowest BCUT2D eigenvalue weighted by atomic mass is 10.2. The molecule has 0 saturated heterocycles. The summed E-state index contributed by atoms with van der Waals surface area (Å²) in [5.74, 6) is 0.757. The van der Waals surface area contributed by atoms with Crippen LogP contribution in [0.15, 0.2) is 30.3 Å². The van der Waals surface area contributed by atoms with Crippen LogP contribution >= 0.6 is 0 Å². The maximum absolute atomic E-state index is 12.4. The van der Waals surface area contributed by atoms with Crippen molar-refractivity contribution >= 4 is 5.91 Å². The van der Waals surface area contributed by atoms with Crippen LogP contribution in [0.25, 0.3) is 0 Å². The Morgan fingerprint density at radius 1 is 1.27 bits per heavy atom. The highest BCUT2D eigenvalue weighted by atomic mass is 16.5. The number of ether oxygens (including phenoxy) is 1. The monoisotopic (exact) mass is 300 g/mol.